The Morgan fingerprint density at radius 1 is 1.31 bits per heavy atom. The van der Waals surface area contributed by atoms with Gasteiger partial charge in [-0.3, -0.25) is 9.67 Å². The molecule has 0 aromatic carbocycles. The fourth-order valence-electron chi connectivity index (χ4n) is 1.47. The molecule has 84 valence electrons. The van der Waals surface area contributed by atoms with E-state index in [1.165, 1.54) is 0 Å². The van der Waals surface area contributed by atoms with E-state index in [1.54, 1.807) is 12.4 Å². The maximum absolute atomic E-state index is 4.41. The van der Waals surface area contributed by atoms with Crippen LogP contribution in [-0.2, 0) is 6.54 Å². The molecule has 2 rings (SSSR count). The molecule has 5 heteroatoms. The van der Waals surface area contributed by atoms with Crippen molar-refractivity contribution in [3.8, 4) is 11.3 Å². The van der Waals surface area contributed by atoms with Crippen molar-refractivity contribution in [1.29, 1.82) is 0 Å². The van der Waals surface area contributed by atoms with Crippen LogP contribution >= 0.6 is 0 Å². The minimum Gasteiger partial charge on any atom is -0.372 e. The van der Waals surface area contributed by atoms with E-state index < -0.39 is 0 Å². The molecule has 0 atom stereocenters. The van der Waals surface area contributed by atoms with Gasteiger partial charge in [-0.25, -0.2) is 4.98 Å². The van der Waals surface area contributed by atoms with E-state index in [1.807, 2.05) is 24.1 Å². The molecule has 2 aromatic rings. The Balaban J connectivity index is 2.27. The Morgan fingerprint density at radius 2 is 2.19 bits per heavy atom. The summed E-state index contributed by atoms with van der Waals surface area (Å²) in [5.74, 6) is 0.765. The molecule has 0 bridgehead atoms. The molecule has 0 aliphatic carbocycles. The van der Waals surface area contributed by atoms with E-state index in [9.17, 15) is 0 Å². The highest BCUT2D eigenvalue weighted by atomic mass is 15.3. The van der Waals surface area contributed by atoms with Gasteiger partial charge in [0.05, 0.1) is 24.3 Å². The maximum Gasteiger partial charge on any atom is 0.144 e. The van der Waals surface area contributed by atoms with Crippen molar-refractivity contribution in [1.82, 2.24) is 19.7 Å². The molecule has 0 aliphatic rings. The summed E-state index contributed by atoms with van der Waals surface area (Å²) in [6.07, 6.45) is 8.32. The first-order valence-electron chi connectivity index (χ1n) is 5.36. The van der Waals surface area contributed by atoms with Crippen molar-refractivity contribution in [3.05, 3.63) is 24.8 Å². The van der Waals surface area contributed by atoms with Crippen LogP contribution in [0.25, 0.3) is 11.3 Å². The number of hydrogen-bond donors (Lipinski definition) is 1. The fourth-order valence-corrected chi connectivity index (χ4v) is 1.47. The van der Waals surface area contributed by atoms with Gasteiger partial charge in [-0.15, -0.1) is 0 Å². The van der Waals surface area contributed by atoms with Crippen LogP contribution in [-0.4, -0.2) is 26.8 Å². The van der Waals surface area contributed by atoms with Crippen LogP contribution in [0.4, 0.5) is 5.82 Å². The van der Waals surface area contributed by atoms with Gasteiger partial charge in [0.2, 0.25) is 0 Å². The third-order valence-corrected chi connectivity index (χ3v) is 2.27. The minimum absolute atomic E-state index is 0.765. The summed E-state index contributed by atoms with van der Waals surface area (Å²) < 4.78 is 1.92. The van der Waals surface area contributed by atoms with Crippen LogP contribution in [0.5, 0.6) is 0 Å². The Kier molecular flexibility index (Phi) is 3.14. The number of aryl methyl sites for hydroxylation is 1. The lowest BCUT2D eigenvalue weighted by Crippen LogP contribution is -1.96. The number of aromatic nitrogens is 4. The van der Waals surface area contributed by atoms with Gasteiger partial charge in [0.15, 0.2) is 0 Å². The normalized spacial score (nSPS) is 10.4. The van der Waals surface area contributed by atoms with Gasteiger partial charge in [0.25, 0.3) is 0 Å². The van der Waals surface area contributed by atoms with Gasteiger partial charge in [0, 0.05) is 25.4 Å². The smallest absolute Gasteiger partial charge is 0.144 e. The molecule has 5 nitrogen and oxygen atoms in total. The van der Waals surface area contributed by atoms with Crippen LogP contribution in [0, 0.1) is 0 Å². The average Bonchev–Trinajstić information content (AvgIpc) is 2.78. The molecule has 0 radical (unpaired) electrons. The molecule has 0 amide bonds. The lowest BCUT2D eigenvalue weighted by atomic mass is 10.3. The molecule has 2 heterocycles. The first kappa shape index (κ1) is 10.6. The highest BCUT2D eigenvalue weighted by molar-refractivity contribution is 5.57. The number of anilines is 1. The van der Waals surface area contributed by atoms with Crippen molar-refractivity contribution in [2.24, 2.45) is 0 Å². The van der Waals surface area contributed by atoms with E-state index in [4.69, 9.17) is 0 Å². The van der Waals surface area contributed by atoms with Crippen molar-refractivity contribution in [3.63, 3.8) is 0 Å². The van der Waals surface area contributed by atoms with Crippen LogP contribution in [0.2, 0.25) is 0 Å². The average molecular weight is 217 g/mol. The molecule has 1 N–H and O–H groups in total. The number of nitrogens with one attached hydrogen (secondary N) is 1. The molecule has 0 saturated carbocycles. The fraction of sp³-hybridized carbons (Fsp3) is 0.364. The van der Waals surface area contributed by atoms with Crippen LogP contribution < -0.4 is 5.32 Å². The third kappa shape index (κ3) is 2.18. The van der Waals surface area contributed by atoms with E-state index in [-0.39, 0.29) is 0 Å². The molecule has 16 heavy (non-hydrogen) atoms. The molecule has 0 aliphatic heterocycles. The monoisotopic (exact) mass is 217 g/mol. The van der Waals surface area contributed by atoms with Crippen LogP contribution in [0.1, 0.15) is 13.3 Å². The molecule has 0 unspecified atom stereocenters. The standard InChI is InChI=1S/C11H15N5/c1-3-4-16-8-9(5-14-16)10-6-13-7-11(12-2)15-10/h5-8H,3-4H2,1-2H3,(H,12,15). The molecule has 2 aromatic heterocycles. The zero-order chi connectivity index (χ0) is 11.4. The van der Waals surface area contributed by atoms with E-state index >= 15 is 0 Å². The van der Waals surface area contributed by atoms with Gasteiger partial charge >= 0.3 is 0 Å². The second kappa shape index (κ2) is 4.74. The summed E-state index contributed by atoms with van der Waals surface area (Å²) in [6.45, 7) is 3.06. The van der Waals surface area contributed by atoms with E-state index in [0.717, 1.165) is 30.0 Å². The zero-order valence-corrected chi connectivity index (χ0v) is 9.51. The molecule has 0 spiro atoms. The Hall–Kier alpha value is -1.91. The van der Waals surface area contributed by atoms with E-state index in [2.05, 4.69) is 27.3 Å². The van der Waals surface area contributed by atoms with E-state index in [0.29, 0.717) is 0 Å². The second-order valence-corrected chi connectivity index (χ2v) is 3.53. The number of nitrogens with zero attached hydrogens (tertiary/aromatic N) is 4. The summed E-state index contributed by atoms with van der Waals surface area (Å²) in [5.41, 5.74) is 1.84. The van der Waals surface area contributed by atoms with Crippen molar-refractivity contribution >= 4 is 5.82 Å². The molecule has 0 fully saturated rings. The topological polar surface area (TPSA) is 55.6 Å². The lowest BCUT2D eigenvalue weighted by Gasteiger charge is -2.00. The highest BCUT2D eigenvalue weighted by Gasteiger charge is 2.04. The summed E-state index contributed by atoms with van der Waals surface area (Å²) in [5, 5.41) is 7.23. The Labute approximate surface area is 94.5 Å². The van der Waals surface area contributed by atoms with Gasteiger partial charge in [0.1, 0.15) is 5.82 Å². The highest BCUT2D eigenvalue weighted by Crippen LogP contribution is 2.16. The summed E-state index contributed by atoms with van der Waals surface area (Å²) >= 11 is 0. The number of rotatable bonds is 4. The quantitative estimate of drug-likeness (QED) is 0.848. The van der Waals surface area contributed by atoms with Gasteiger partial charge < -0.3 is 5.32 Å². The van der Waals surface area contributed by atoms with Gasteiger partial charge in [-0.05, 0) is 6.42 Å². The van der Waals surface area contributed by atoms with Crippen molar-refractivity contribution < 1.29 is 0 Å². The maximum atomic E-state index is 4.41. The first-order chi connectivity index (χ1) is 7.83. The minimum atomic E-state index is 0.765. The molecular weight excluding hydrogens is 202 g/mol. The Morgan fingerprint density at radius 3 is 2.94 bits per heavy atom. The third-order valence-electron chi connectivity index (χ3n) is 2.27. The van der Waals surface area contributed by atoms with Crippen LogP contribution in [0.3, 0.4) is 0 Å². The predicted molar refractivity (Wildman–Crippen MR) is 63.1 cm³/mol. The second-order valence-electron chi connectivity index (χ2n) is 3.53. The SMILES string of the molecule is CCCn1cc(-c2cncc(NC)n2)cn1. The summed E-state index contributed by atoms with van der Waals surface area (Å²) in [6, 6.07) is 0. The largest absolute Gasteiger partial charge is 0.372 e. The summed E-state index contributed by atoms with van der Waals surface area (Å²) in [4.78, 5) is 8.53. The first-order valence-corrected chi connectivity index (χ1v) is 5.36. The van der Waals surface area contributed by atoms with Gasteiger partial charge in [-0.1, -0.05) is 6.92 Å². The Bertz CT molecular complexity index is 463. The van der Waals surface area contributed by atoms with Crippen molar-refractivity contribution in [2.75, 3.05) is 12.4 Å². The molecule has 0 saturated heterocycles. The number of hydrogen-bond acceptors (Lipinski definition) is 4. The molecular formula is C11H15N5. The lowest BCUT2D eigenvalue weighted by molar-refractivity contribution is 0.603. The predicted octanol–water partition coefficient (Wildman–Crippen LogP) is 1.79. The van der Waals surface area contributed by atoms with Crippen molar-refractivity contribution in [2.45, 2.75) is 19.9 Å². The van der Waals surface area contributed by atoms with Crippen LogP contribution in [0.15, 0.2) is 24.8 Å². The zero-order valence-electron chi connectivity index (χ0n) is 9.51. The summed E-state index contributed by atoms with van der Waals surface area (Å²) in [7, 11) is 1.83. The van der Waals surface area contributed by atoms with Gasteiger partial charge in [-0.2, -0.15) is 5.10 Å².